The summed E-state index contributed by atoms with van der Waals surface area (Å²) in [5.74, 6) is 0. The third-order valence-corrected chi connectivity index (χ3v) is 4.16. The predicted octanol–water partition coefficient (Wildman–Crippen LogP) is 1.65. The highest BCUT2D eigenvalue weighted by Gasteiger charge is 2.41. The average Bonchev–Trinajstić information content (AvgIpc) is 2.74. The zero-order chi connectivity index (χ0) is 13.4. The van der Waals surface area contributed by atoms with E-state index >= 15 is 0 Å². The summed E-state index contributed by atoms with van der Waals surface area (Å²) >= 11 is 0.395. The lowest BCUT2D eigenvalue weighted by Gasteiger charge is -2.29. The van der Waals surface area contributed by atoms with Crippen LogP contribution in [-0.4, -0.2) is 28.4 Å². The van der Waals surface area contributed by atoms with Crippen LogP contribution in [0.2, 0.25) is 0 Å². The van der Waals surface area contributed by atoms with E-state index < -0.39 is 29.0 Å². The monoisotopic (exact) mass is 283 g/mol. The molecule has 0 amide bonds. The number of halogens is 3. The van der Waals surface area contributed by atoms with Gasteiger partial charge in [0.15, 0.2) is 0 Å². The zero-order valence-electron chi connectivity index (χ0n) is 9.33. The molecule has 4 nitrogen and oxygen atoms in total. The Kier molecular flexibility index (Phi) is 3.63. The van der Waals surface area contributed by atoms with Crippen molar-refractivity contribution in [1.29, 1.82) is 0 Å². The molecule has 102 valence electrons. The Labute approximate surface area is 105 Å². The minimum atomic E-state index is -4.56. The molecule has 8 heteroatoms. The standard InChI is InChI=1S/C10H12F3NO3S/c11-10(12,13)7-6(5-15)14-8(18-7)9(16)1-3-17-4-2-9/h15-16H,1-5H2. The maximum Gasteiger partial charge on any atom is 0.427 e. The summed E-state index contributed by atoms with van der Waals surface area (Å²) in [6.45, 7) is -0.226. The molecule has 0 radical (unpaired) electrons. The number of alkyl halides is 3. The van der Waals surface area contributed by atoms with Crippen molar-refractivity contribution in [3.63, 3.8) is 0 Å². The quantitative estimate of drug-likeness (QED) is 0.866. The van der Waals surface area contributed by atoms with Crippen molar-refractivity contribution in [3.05, 3.63) is 15.6 Å². The second-order valence-electron chi connectivity index (χ2n) is 4.09. The first kappa shape index (κ1) is 13.7. The predicted molar refractivity (Wildman–Crippen MR) is 57.0 cm³/mol. The summed E-state index contributed by atoms with van der Waals surface area (Å²) in [6, 6.07) is 0. The van der Waals surface area contributed by atoms with Crippen molar-refractivity contribution in [3.8, 4) is 0 Å². The molecule has 0 aliphatic carbocycles. The van der Waals surface area contributed by atoms with Crippen molar-refractivity contribution in [2.75, 3.05) is 13.2 Å². The lowest BCUT2D eigenvalue weighted by molar-refractivity contribution is -0.135. The maximum atomic E-state index is 12.7. The van der Waals surface area contributed by atoms with Crippen molar-refractivity contribution >= 4 is 11.3 Å². The third kappa shape index (κ3) is 2.51. The van der Waals surface area contributed by atoms with E-state index in [1.165, 1.54) is 0 Å². The molecule has 1 saturated heterocycles. The van der Waals surface area contributed by atoms with Gasteiger partial charge in [-0.1, -0.05) is 0 Å². The Bertz CT molecular complexity index is 426. The molecule has 1 aromatic heterocycles. The van der Waals surface area contributed by atoms with Gasteiger partial charge in [0.05, 0.1) is 12.3 Å². The van der Waals surface area contributed by atoms with Gasteiger partial charge in [0, 0.05) is 26.1 Å². The molecular formula is C10H12F3NO3S. The summed E-state index contributed by atoms with van der Waals surface area (Å²) in [6.07, 6.45) is -4.14. The Hall–Kier alpha value is -0.700. The smallest absolute Gasteiger partial charge is 0.390 e. The Morgan fingerprint density at radius 3 is 2.39 bits per heavy atom. The topological polar surface area (TPSA) is 62.6 Å². The molecule has 0 saturated carbocycles. The lowest BCUT2D eigenvalue weighted by Crippen LogP contribution is -2.33. The molecule has 0 spiro atoms. The van der Waals surface area contributed by atoms with Gasteiger partial charge in [0.25, 0.3) is 0 Å². The largest absolute Gasteiger partial charge is 0.427 e. The summed E-state index contributed by atoms with van der Waals surface area (Å²) < 4.78 is 43.1. The van der Waals surface area contributed by atoms with Gasteiger partial charge >= 0.3 is 6.18 Å². The van der Waals surface area contributed by atoms with Crippen LogP contribution in [0.1, 0.15) is 28.4 Å². The van der Waals surface area contributed by atoms with Gasteiger partial charge in [-0.3, -0.25) is 0 Å². The second kappa shape index (κ2) is 4.76. The number of rotatable bonds is 2. The normalized spacial score (nSPS) is 20.1. The van der Waals surface area contributed by atoms with Gasteiger partial charge in [-0.05, 0) is 0 Å². The van der Waals surface area contributed by atoms with Gasteiger partial charge < -0.3 is 14.9 Å². The Morgan fingerprint density at radius 1 is 1.33 bits per heavy atom. The highest BCUT2D eigenvalue weighted by Crippen LogP contribution is 2.42. The number of aliphatic hydroxyl groups is 2. The molecule has 0 aromatic carbocycles. The number of thiazole rings is 1. The number of hydrogen-bond acceptors (Lipinski definition) is 5. The van der Waals surface area contributed by atoms with Crippen LogP contribution in [0, 0.1) is 0 Å². The molecule has 1 fully saturated rings. The highest BCUT2D eigenvalue weighted by molar-refractivity contribution is 7.12. The van der Waals surface area contributed by atoms with Crippen molar-refractivity contribution < 1.29 is 28.1 Å². The van der Waals surface area contributed by atoms with E-state index in [2.05, 4.69) is 4.98 Å². The number of nitrogens with zero attached hydrogens (tertiary/aromatic N) is 1. The molecule has 0 unspecified atom stereocenters. The van der Waals surface area contributed by atoms with Crippen LogP contribution in [0.4, 0.5) is 13.2 Å². The van der Waals surface area contributed by atoms with Crippen molar-refractivity contribution in [2.45, 2.75) is 31.2 Å². The summed E-state index contributed by atoms with van der Waals surface area (Å²) in [4.78, 5) is 2.79. The number of ether oxygens (including phenoxy) is 1. The first-order valence-corrected chi connectivity index (χ1v) is 6.17. The van der Waals surface area contributed by atoms with Crippen LogP contribution >= 0.6 is 11.3 Å². The van der Waals surface area contributed by atoms with Crippen molar-refractivity contribution in [2.24, 2.45) is 0 Å². The van der Waals surface area contributed by atoms with E-state index in [0.717, 1.165) is 0 Å². The van der Waals surface area contributed by atoms with Crippen LogP contribution < -0.4 is 0 Å². The molecule has 2 N–H and O–H groups in total. The van der Waals surface area contributed by atoms with E-state index in [1.54, 1.807) is 0 Å². The molecule has 1 aromatic rings. The van der Waals surface area contributed by atoms with Crippen LogP contribution in [0.25, 0.3) is 0 Å². The van der Waals surface area contributed by atoms with E-state index in [-0.39, 0.29) is 31.1 Å². The molecule has 1 aliphatic rings. The van der Waals surface area contributed by atoms with Crippen LogP contribution in [0.3, 0.4) is 0 Å². The Balaban J connectivity index is 2.37. The average molecular weight is 283 g/mol. The summed E-state index contributed by atoms with van der Waals surface area (Å²) in [7, 11) is 0. The molecule has 1 aliphatic heterocycles. The molecule has 18 heavy (non-hydrogen) atoms. The summed E-state index contributed by atoms with van der Waals surface area (Å²) in [5.41, 5.74) is -1.81. The first-order chi connectivity index (χ1) is 8.37. The van der Waals surface area contributed by atoms with Gasteiger partial charge in [-0.15, -0.1) is 11.3 Å². The second-order valence-corrected chi connectivity index (χ2v) is 5.09. The first-order valence-electron chi connectivity index (χ1n) is 5.35. The van der Waals surface area contributed by atoms with Gasteiger partial charge in [0.1, 0.15) is 15.5 Å². The maximum absolute atomic E-state index is 12.7. The summed E-state index contributed by atoms with van der Waals surface area (Å²) in [5, 5.41) is 19.2. The molecule has 2 rings (SSSR count). The highest BCUT2D eigenvalue weighted by atomic mass is 32.1. The van der Waals surface area contributed by atoms with Gasteiger partial charge in [-0.2, -0.15) is 13.2 Å². The fraction of sp³-hybridized carbons (Fsp3) is 0.700. The van der Waals surface area contributed by atoms with E-state index in [4.69, 9.17) is 9.84 Å². The van der Waals surface area contributed by atoms with Crippen molar-refractivity contribution in [1.82, 2.24) is 4.98 Å². The van der Waals surface area contributed by atoms with E-state index in [0.29, 0.717) is 11.3 Å². The number of hydrogen-bond donors (Lipinski definition) is 2. The minimum absolute atomic E-state index is 0.00201. The third-order valence-electron chi connectivity index (χ3n) is 2.82. The van der Waals surface area contributed by atoms with Gasteiger partial charge in [0.2, 0.25) is 0 Å². The number of aromatic nitrogens is 1. The van der Waals surface area contributed by atoms with Gasteiger partial charge in [-0.25, -0.2) is 4.98 Å². The van der Waals surface area contributed by atoms with E-state index in [9.17, 15) is 18.3 Å². The van der Waals surface area contributed by atoms with Crippen LogP contribution in [0.5, 0.6) is 0 Å². The molecule has 2 heterocycles. The number of aliphatic hydroxyl groups excluding tert-OH is 1. The van der Waals surface area contributed by atoms with E-state index in [1.807, 2.05) is 0 Å². The fourth-order valence-corrected chi connectivity index (χ4v) is 2.89. The molecule has 0 atom stereocenters. The molecular weight excluding hydrogens is 271 g/mol. The zero-order valence-corrected chi connectivity index (χ0v) is 10.1. The van der Waals surface area contributed by atoms with Crippen LogP contribution in [-0.2, 0) is 23.1 Å². The SMILES string of the molecule is OCc1nc(C2(O)CCOCC2)sc1C(F)(F)F. The fourth-order valence-electron chi connectivity index (χ4n) is 1.80. The molecule has 0 bridgehead atoms. The Morgan fingerprint density at radius 2 is 1.94 bits per heavy atom. The minimum Gasteiger partial charge on any atom is -0.390 e. The lowest BCUT2D eigenvalue weighted by atomic mass is 9.95. The van der Waals surface area contributed by atoms with Crippen LogP contribution in [0.15, 0.2) is 0 Å².